The summed E-state index contributed by atoms with van der Waals surface area (Å²) < 4.78 is 31.2. The zero-order chi connectivity index (χ0) is 14.5. The number of sulfonamides is 1. The normalized spacial score (nSPS) is 11.8. The first-order valence-electron chi connectivity index (χ1n) is 6.53. The van der Waals surface area contributed by atoms with Gasteiger partial charge in [-0.2, -0.15) is 0 Å². The summed E-state index contributed by atoms with van der Waals surface area (Å²) in [6.07, 6.45) is 0.610. The molecule has 4 nitrogen and oxygen atoms in total. The SMILES string of the molecule is CCCS(=O)(=O)NCc1ccc(C(C)C)cc1OC. The predicted molar refractivity (Wildman–Crippen MR) is 78.0 cm³/mol. The molecule has 1 aromatic carbocycles. The van der Waals surface area contributed by atoms with E-state index in [9.17, 15) is 8.42 Å². The number of rotatable bonds is 7. The second kappa shape index (κ2) is 6.91. The van der Waals surface area contributed by atoms with Crippen LogP contribution in [0.5, 0.6) is 5.75 Å². The molecular formula is C14H23NO3S. The Hall–Kier alpha value is -1.07. The van der Waals surface area contributed by atoms with Crippen LogP contribution in [0.15, 0.2) is 18.2 Å². The second-order valence-corrected chi connectivity index (χ2v) is 6.79. The minimum Gasteiger partial charge on any atom is -0.496 e. The number of benzene rings is 1. The van der Waals surface area contributed by atoms with Gasteiger partial charge in [0.2, 0.25) is 10.0 Å². The summed E-state index contributed by atoms with van der Waals surface area (Å²) >= 11 is 0. The smallest absolute Gasteiger partial charge is 0.211 e. The van der Waals surface area contributed by atoms with Gasteiger partial charge in [0, 0.05) is 12.1 Å². The van der Waals surface area contributed by atoms with Gasteiger partial charge in [-0.15, -0.1) is 0 Å². The fourth-order valence-corrected chi connectivity index (χ4v) is 2.85. The number of methoxy groups -OCH3 is 1. The molecule has 5 heteroatoms. The maximum atomic E-state index is 11.6. The highest BCUT2D eigenvalue weighted by atomic mass is 32.2. The van der Waals surface area contributed by atoms with E-state index in [-0.39, 0.29) is 12.3 Å². The molecule has 0 atom stereocenters. The first-order valence-corrected chi connectivity index (χ1v) is 8.19. The zero-order valence-electron chi connectivity index (χ0n) is 12.1. The van der Waals surface area contributed by atoms with E-state index in [0.29, 0.717) is 12.3 Å². The van der Waals surface area contributed by atoms with Crippen molar-refractivity contribution in [3.8, 4) is 5.75 Å². The van der Waals surface area contributed by atoms with E-state index in [4.69, 9.17) is 4.74 Å². The molecule has 0 aliphatic rings. The maximum Gasteiger partial charge on any atom is 0.211 e. The third-order valence-corrected chi connectivity index (χ3v) is 4.46. The molecule has 0 aromatic heterocycles. The highest BCUT2D eigenvalue weighted by molar-refractivity contribution is 7.89. The van der Waals surface area contributed by atoms with Gasteiger partial charge < -0.3 is 4.74 Å². The molecule has 0 aliphatic heterocycles. The molecule has 0 saturated carbocycles. The Morgan fingerprint density at radius 1 is 1.32 bits per heavy atom. The van der Waals surface area contributed by atoms with Crippen LogP contribution >= 0.6 is 0 Å². The van der Waals surface area contributed by atoms with Crippen molar-refractivity contribution in [2.45, 2.75) is 39.7 Å². The van der Waals surface area contributed by atoms with Crippen LogP contribution in [-0.2, 0) is 16.6 Å². The Balaban J connectivity index is 2.84. The molecule has 0 radical (unpaired) electrons. The molecule has 0 spiro atoms. The average Bonchev–Trinajstić information content (AvgIpc) is 2.36. The van der Waals surface area contributed by atoms with Crippen LogP contribution in [0.2, 0.25) is 0 Å². The monoisotopic (exact) mass is 285 g/mol. The lowest BCUT2D eigenvalue weighted by Gasteiger charge is -2.13. The van der Waals surface area contributed by atoms with Crippen LogP contribution in [0, 0.1) is 0 Å². The summed E-state index contributed by atoms with van der Waals surface area (Å²) in [5.74, 6) is 1.30. The minimum atomic E-state index is -3.19. The van der Waals surface area contributed by atoms with Gasteiger partial charge in [0.1, 0.15) is 5.75 Å². The van der Waals surface area contributed by atoms with E-state index in [2.05, 4.69) is 18.6 Å². The van der Waals surface area contributed by atoms with Gasteiger partial charge >= 0.3 is 0 Å². The first kappa shape index (κ1) is 16.0. The second-order valence-electron chi connectivity index (χ2n) is 4.87. The summed E-state index contributed by atoms with van der Waals surface area (Å²) in [6.45, 7) is 6.33. The third kappa shape index (κ3) is 4.84. The summed E-state index contributed by atoms with van der Waals surface area (Å²) in [5, 5.41) is 0. The molecule has 108 valence electrons. The van der Waals surface area contributed by atoms with Crippen molar-refractivity contribution in [2.24, 2.45) is 0 Å². The largest absolute Gasteiger partial charge is 0.496 e. The Kier molecular flexibility index (Phi) is 5.82. The molecule has 0 amide bonds. The highest BCUT2D eigenvalue weighted by Crippen LogP contribution is 2.24. The molecule has 0 bridgehead atoms. The fourth-order valence-electron chi connectivity index (χ4n) is 1.79. The number of hydrogen-bond donors (Lipinski definition) is 1. The minimum absolute atomic E-state index is 0.152. The van der Waals surface area contributed by atoms with Crippen molar-refractivity contribution in [3.63, 3.8) is 0 Å². The van der Waals surface area contributed by atoms with Crippen LogP contribution in [0.25, 0.3) is 0 Å². The van der Waals surface area contributed by atoms with Gasteiger partial charge in [0.15, 0.2) is 0 Å². The van der Waals surface area contributed by atoms with Crippen LogP contribution in [0.1, 0.15) is 44.2 Å². The molecule has 1 rings (SSSR count). The lowest BCUT2D eigenvalue weighted by Crippen LogP contribution is -2.25. The van der Waals surface area contributed by atoms with Crippen molar-refractivity contribution < 1.29 is 13.2 Å². The van der Waals surface area contributed by atoms with Gasteiger partial charge in [0.25, 0.3) is 0 Å². The fraction of sp³-hybridized carbons (Fsp3) is 0.571. The molecule has 1 aromatic rings. The van der Waals surface area contributed by atoms with E-state index in [1.165, 1.54) is 5.56 Å². The van der Waals surface area contributed by atoms with Gasteiger partial charge in [-0.05, 0) is 24.0 Å². The summed E-state index contributed by atoms with van der Waals surface area (Å²) in [6, 6.07) is 5.90. The molecule has 1 N–H and O–H groups in total. The molecule has 0 heterocycles. The number of ether oxygens (including phenoxy) is 1. The Labute approximate surface area is 116 Å². The number of hydrogen-bond acceptors (Lipinski definition) is 3. The standard InChI is InChI=1S/C14H23NO3S/c1-5-8-19(16,17)15-10-13-7-6-12(11(2)3)9-14(13)18-4/h6-7,9,11,15H,5,8,10H2,1-4H3. The van der Waals surface area contributed by atoms with Crippen LogP contribution in [0.4, 0.5) is 0 Å². The molecule has 0 unspecified atom stereocenters. The van der Waals surface area contributed by atoms with Crippen molar-refractivity contribution in [2.75, 3.05) is 12.9 Å². The lowest BCUT2D eigenvalue weighted by atomic mass is 10.0. The van der Waals surface area contributed by atoms with Gasteiger partial charge in [-0.1, -0.05) is 32.9 Å². The molecule has 19 heavy (non-hydrogen) atoms. The van der Waals surface area contributed by atoms with Gasteiger partial charge in [0.05, 0.1) is 12.9 Å². The summed E-state index contributed by atoms with van der Waals surface area (Å²) in [4.78, 5) is 0. The van der Waals surface area contributed by atoms with E-state index in [1.807, 2.05) is 25.1 Å². The average molecular weight is 285 g/mol. The molecule has 0 aliphatic carbocycles. The Morgan fingerprint density at radius 3 is 2.53 bits per heavy atom. The molecular weight excluding hydrogens is 262 g/mol. The van der Waals surface area contributed by atoms with E-state index in [0.717, 1.165) is 11.3 Å². The first-order chi connectivity index (χ1) is 8.89. The predicted octanol–water partition coefficient (Wildman–Crippen LogP) is 2.65. The van der Waals surface area contributed by atoms with Gasteiger partial charge in [-0.3, -0.25) is 0 Å². The lowest BCUT2D eigenvalue weighted by molar-refractivity contribution is 0.408. The van der Waals surface area contributed by atoms with E-state index < -0.39 is 10.0 Å². The van der Waals surface area contributed by atoms with Crippen LogP contribution in [0.3, 0.4) is 0 Å². The van der Waals surface area contributed by atoms with Crippen molar-refractivity contribution >= 4 is 10.0 Å². The number of nitrogens with one attached hydrogen (secondary N) is 1. The quantitative estimate of drug-likeness (QED) is 0.838. The van der Waals surface area contributed by atoms with Crippen LogP contribution in [-0.4, -0.2) is 21.3 Å². The van der Waals surface area contributed by atoms with E-state index in [1.54, 1.807) is 7.11 Å². The summed E-state index contributed by atoms with van der Waals surface area (Å²) in [7, 11) is -1.59. The van der Waals surface area contributed by atoms with E-state index >= 15 is 0 Å². The third-order valence-electron chi connectivity index (χ3n) is 2.93. The van der Waals surface area contributed by atoms with Crippen molar-refractivity contribution in [1.82, 2.24) is 4.72 Å². The summed E-state index contributed by atoms with van der Waals surface area (Å²) in [5.41, 5.74) is 2.03. The topological polar surface area (TPSA) is 55.4 Å². The van der Waals surface area contributed by atoms with Crippen molar-refractivity contribution in [1.29, 1.82) is 0 Å². The molecule has 0 saturated heterocycles. The van der Waals surface area contributed by atoms with Crippen LogP contribution < -0.4 is 9.46 Å². The van der Waals surface area contributed by atoms with Gasteiger partial charge in [-0.25, -0.2) is 13.1 Å². The Bertz CT molecular complexity index is 509. The highest BCUT2D eigenvalue weighted by Gasteiger charge is 2.11. The maximum absolute atomic E-state index is 11.6. The van der Waals surface area contributed by atoms with Crippen molar-refractivity contribution in [3.05, 3.63) is 29.3 Å². The molecule has 0 fully saturated rings. The Morgan fingerprint density at radius 2 is 2.00 bits per heavy atom. The zero-order valence-corrected chi connectivity index (χ0v) is 12.9.